The van der Waals surface area contributed by atoms with Gasteiger partial charge in [-0.25, -0.2) is 0 Å². The molecule has 2 unspecified atom stereocenters. The Morgan fingerprint density at radius 2 is 1.64 bits per heavy atom. The molecule has 33 heavy (non-hydrogen) atoms. The minimum absolute atomic E-state index is 0.298. The van der Waals surface area contributed by atoms with Crippen LogP contribution in [0.4, 0.5) is 0 Å². The first-order chi connectivity index (χ1) is 15.9. The maximum Gasteiger partial charge on any atom is 0.311 e. The molecule has 5 nitrogen and oxygen atoms in total. The number of aryl methyl sites for hydroxylation is 1. The van der Waals surface area contributed by atoms with E-state index in [1.807, 2.05) is 61.5 Å². The fourth-order valence-corrected chi connectivity index (χ4v) is 4.31. The lowest BCUT2D eigenvalue weighted by atomic mass is 9.93. The highest BCUT2D eigenvalue weighted by Gasteiger charge is 2.30. The van der Waals surface area contributed by atoms with Crippen LogP contribution in [-0.4, -0.2) is 24.4 Å². The Balaban J connectivity index is 1.68. The summed E-state index contributed by atoms with van der Waals surface area (Å²) in [4.78, 5) is 12.1. The van der Waals surface area contributed by atoms with E-state index < -0.39 is 11.9 Å². The lowest BCUT2D eigenvalue weighted by molar-refractivity contribution is -0.139. The average molecular weight is 483 g/mol. The van der Waals surface area contributed by atoms with E-state index in [4.69, 9.17) is 27.9 Å². The van der Waals surface area contributed by atoms with Crippen LogP contribution in [0.3, 0.4) is 0 Å². The largest absolute Gasteiger partial charge is 0.497 e. The van der Waals surface area contributed by atoms with Gasteiger partial charge in [0.1, 0.15) is 5.75 Å². The molecule has 3 aromatic carbocycles. The number of carbonyl (C=O) groups is 1. The van der Waals surface area contributed by atoms with Crippen molar-refractivity contribution in [2.45, 2.75) is 25.4 Å². The standard InChI is InChI=1S/C26H24Cl2N2O3/c1-15-4-3-5-17(12-15)20(26(31)32)14-23-29-24(16-6-9-19(33-2)10-7-16)25(30-23)18-8-11-21(27)22(28)13-18/h3-13,20,23,29-30H,14H2,1-2H3,(H,31,32). The van der Waals surface area contributed by atoms with Crippen molar-refractivity contribution < 1.29 is 14.6 Å². The SMILES string of the molecule is COc1ccc(C2=C(c3ccc(Cl)c(Cl)c3)NC(CC(C(=O)O)c3cccc(C)c3)N2)cc1. The molecule has 4 rings (SSSR count). The van der Waals surface area contributed by atoms with E-state index in [-0.39, 0.29) is 6.17 Å². The monoisotopic (exact) mass is 482 g/mol. The number of ether oxygens (including phenoxy) is 1. The Hall–Kier alpha value is -3.15. The van der Waals surface area contributed by atoms with Crippen LogP contribution in [0.15, 0.2) is 66.7 Å². The molecule has 7 heteroatoms. The summed E-state index contributed by atoms with van der Waals surface area (Å²) in [6, 6.07) is 20.7. The minimum atomic E-state index is -0.863. The molecule has 3 aromatic rings. The third-order valence-electron chi connectivity index (χ3n) is 5.69. The van der Waals surface area contributed by atoms with Crippen LogP contribution >= 0.6 is 23.2 Å². The van der Waals surface area contributed by atoms with E-state index >= 15 is 0 Å². The summed E-state index contributed by atoms with van der Waals surface area (Å²) >= 11 is 12.4. The molecule has 1 aliphatic rings. The lowest BCUT2D eigenvalue weighted by Gasteiger charge is -2.20. The van der Waals surface area contributed by atoms with E-state index in [1.165, 1.54) is 0 Å². The fourth-order valence-electron chi connectivity index (χ4n) is 4.01. The van der Waals surface area contributed by atoms with Gasteiger partial charge in [0.15, 0.2) is 0 Å². The van der Waals surface area contributed by atoms with Gasteiger partial charge in [0.05, 0.1) is 40.6 Å². The number of halogens is 2. The third-order valence-corrected chi connectivity index (χ3v) is 6.43. The number of carboxylic acids is 1. The molecule has 0 bridgehead atoms. The zero-order chi connectivity index (χ0) is 23.5. The molecule has 0 spiro atoms. The molecule has 0 radical (unpaired) electrons. The Labute approximate surface area is 203 Å². The van der Waals surface area contributed by atoms with Gasteiger partial charge in [0.2, 0.25) is 0 Å². The highest BCUT2D eigenvalue weighted by Crippen LogP contribution is 2.34. The molecule has 0 aliphatic carbocycles. The highest BCUT2D eigenvalue weighted by molar-refractivity contribution is 6.42. The Kier molecular flexibility index (Phi) is 6.82. The van der Waals surface area contributed by atoms with Crippen LogP contribution in [0.2, 0.25) is 10.0 Å². The zero-order valence-electron chi connectivity index (χ0n) is 18.2. The summed E-state index contributed by atoms with van der Waals surface area (Å²) in [5.41, 5.74) is 5.29. The molecule has 3 N–H and O–H groups in total. The average Bonchev–Trinajstić information content (AvgIpc) is 3.23. The van der Waals surface area contributed by atoms with Crippen molar-refractivity contribution in [1.29, 1.82) is 0 Å². The number of nitrogens with one attached hydrogen (secondary N) is 2. The van der Waals surface area contributed by atoms with Crippen LogP contribution in [-0.2, 0) is 4.79 Å². The first-order valence-corrected chi connectivity index (χ1v) is 11.3. The predicted octanol–water partition coefficient (Wildman–Crippen LogP) is 5.91. The first-order valence-electron chi connectivity index (χ1n) is 10.5. The van der Waals surface area contributed by atoms with Crippen LogP contribution in [0.25, 0.3) is 11.4 Å². The van der Waals surface area contributed by atoms with Gasteiger partial charge in [-0.3, -0.25) is 4.79 Å². The normalized spacial score (nSPS) is 16.2. The molecule has 0 aromatic heterocycles. The van der Waals surface area contributed by atoms with Gasteiger partial charge in [0.25, 0.3) is 0 Å². The van der Waals surface area contributed by atoms with Crippen LogP contribution in [0.1, 0.15) is 34.6 Å². The van der Waals surface area contributed by atoms with Crippen molar-refractivity contribution in [1.82, 2.24) is 10.6 Å². The number of hydrogen-bond acceptors (Lipinski definition) is 4. The van der Waals surface area contributed by atoms with Gasteiger partial charge < -0.3 is 20.5 Å². The number of carboxylic acid groups (broad SMARTS) is 1. The molecular weight excluding hydrogens is 459 g/mol. The van der Waals surface area contributed by atoms with Gasteiger partial charge in [-0.05, 0) is 48.9 Å². The van der Waals surface area contributed by atoms with E-state index in [0.29, 0.717) is 16.5 Å². The third kappa shape index (κ3) is 5.10. The van der Waals surface area contributed by atoms with E-state index in [9.17, 15) is 9.90 Å². The topological polar surface area (TPSA) is 70.6 Å². The quantitative estimate of drug-likeness (QED) is 0.390. The Bertz CT molecular complexity index is 1210. The van der Waals surface area contributed by atoms with Gasteiger partial charge >= 0.3 is 5.97 Å². The summed E-state index contributed by atoms with van der Waals surface area (Å²) in [6.07, 6.45) is 0.0525. The fraction of sp³-hybridized carbons (Fsp3) is 0.192. The highest BCUT2D eigenvalue weighted by atomic mass is 35.5. The predicted molar refractivity (Wildman–Crippen MR) is 133 cm³/mol. The van der Waals surface area contributed by atoms with Gasteiger partial charge in [-0.1, -0.05) is 59.1 Å². The zero-order valence-corrected chi connectivity index (χ0v) is 19.7. The smallest absolute Gasteiger partial charge is 0.311 e. The van der Waals surface area contributed by atoms with Gasteiger partial charge in [-0.2, -0.15) is 0 Å². The molecule has 170 valence electrons. The summed E-state index contributed by atoms with van der Waals surface area (Å²) in [5, 5.41) is 17.8. The Morgan fingerprint density at radius 3 is 2.24 bits per heavy atom. The van der Waals surface area contributed by atoms with Crippen molar-refractivity contribution in [2.24, 2.45) is 0 Å². The number of rotatable bonds is 7. The van der Waals surface area contributed by atoms with Crippen LogP contribution in [0, 0.1) is 6.92 Å². The minimum Gasteiger partial charge on any atom is -0.497 e. The van der Waals surface area contributed by atoms with Crippen molar-refractivity contribution in [2.75, 3.05) is 7.11 Å². The molecule has 0 amide bonds. The van der Waals surface area contributed by atoms with Crippen LogP contribution in [0.5, 0.6) is 5.75 Å². The summed E-state index contributed by atoms with van der Waals surface area (Å²) in [7, 11) is 1.62. The lowest BCUT2D eigenvalue weighted by Crippen LogP contribution is -2.35. The summed E-state index contributed by atoms with van der Waals surface area (Å²) in [6.45, 7) is 1.96. The van der Waals surface area contributed by atoms with Crippen molar-refractivity contribution >= 4 is 40.6 Å². The second-order valence-corrected chi connectivity index (χ2v) is 8.80. The number of benzene rings is 3. The van der Waals surface area contributed by atoms with E-state index in [1.54, 1.807) is 19.2 Å². The van der Waals surface area contributed by atoms with Crippen molar-refractivity contribution in [3.63, 3.8) is 0 Å². The molecule has 2 atom stereocenters. The van der Waals surface area contributed by atoms with Crippen LogP contribution < -0.4 is 15.4 Å². The molecule has 0 saturated carbocycles. The molecule has 1 aliphatic heterocycles. The van der Waals surface area contributed by atoms with E-state index in [2.05, 4.69) is 10.6 Å². The molecule has 0 saturated heterocycles. The molecule has 1 heterocycles. The van der Waals surface area contributed by atoms with Gasteiger partial charge in [-0.15, -0.1) is 0 Å². The first kappa shape index (κ1) is 23.0. The number of methoxy groups -OCH3 is 1. The molecule has 0 fully saturated rings. The van der Waals surface area contributed by atoms with Crippen molar-refractivity contribution in [3.8, 4) is 5.75 Å². The van der Waals surface area contributed by atoms with Gasteiger partial charge in [0, 0.05) is 17.5 Å². The summed E-state index contributed by atoms with van der Waals surface area (Å²) in [5.74, 6) is -0.776. The summed E-state index contributed by atoms with van der Waals surface area (Å²) < 4.78 is 5.28. The second-order valence-electron chi connectivity index (χ2n) is 7.99. The maximum atomic E-state index is 12.1. The number of hydrogen-bond donors (Lipinski definition) is 3. The van der Waals surface area contributed by atoms with E-state index in [0.717, 1.165) is 39.4 Å². The number of aliphatic carboxylic acids is 1. The Morgan fingerprint density at radius 1 is 0.970 bits per heavy atom. The molecular formula is C26H24Cl2N2O3. The maximum absolute atomic E-state index is 12.1. The van der Waals surface area contributed by atoms with Crippen molar-refractivity contribution in [3.05, 3.63) is 99.0 Å². The second kappa shape index (κ2) is 9.77.